The molecule has 1 aliphatic heterocycles. The number of pyridine rings is 1. The van der Waals surface area contributed by atoms with Crippen molar-refractivity contribution >= 4 is 39.4 Å². The normalized spacial score (nSPS) is 15.4. The Balaban J connectivity index is 1.69. The number of hydrogen-bond acceptors (Lipinski definition) is 6. The van der Waals surface area contributed by atoms with Crippen LogP contribution in [-0.4, -0.2) is 27.8 Å². The Morgan fingerprint density at radius 2 is 1.70 bits per heavy atom. The van der Waals surface area contributed by atoms with E-state index in [2.05, 4.69) is 10.1 Å². The van der Waals surface area contributed by atoms with Crippen LogP contribution in [0.15, 0.2) is 71.8 Å². The van der Waals surface area contributed by atoms with Gasteiger partial charge in [-0.25, -0.2) is 0 Å². The number of aryl methyl sites for hydroxylation is 1. The van der Waals surface area contributed by atoms with E-state index in [0.717, 1.165) is 32.9 Å². The van der Waals surface area contributed by atoms with Gasteiger partial charge in [0.1, 0.15) is 5.75 Å². The first-order valence-electron chi connectivity index (χ1n) is 10.5. The molecule has 1 atom stereocenters. The van der Waals surface area contributed by atoms with Gasteiger partial charge in [-0.1, -0.05) is 48.5 Å². The number of carbonyl (C=O) groups is 2. The Labute approximate surface area is 190 Å². The number of benzene rings is 3. The minimum atomic E-state index is -0.784. The molecule has 7 heteroatoms. The molecule has 0 N–H and O–H groups in total. The standard InChI is InChI=1S/C26H21N3O4/c1-15-14-21(20-10-6-7-11-22(20)27-15)26-29(16(2)30)28-25(33-26)24-19-9-5-4-8-18(19)12-13-23(24)32-17(3)31/h4-14,26H,1-3H3. The van der Waals surface area contributed by atoms with Crippen molar-refractivity contribution in [3.05, 3.63) is 83.6 Å². The lowest BCUT2D eigenvalue weighted by molar-refractivity contribution is -0.135. The first-order valence-corrected chi connectivity index (χ1v) is 10.5. The quantitative estimate of drug-likeness (QED) is 0.336. The van der Waals surface area contributed by atoms with Gasteiger partial charge < -0.3 is 9.47 Å². The minimum absolute atomic E-state index is 0.210. The van der Waals surface area contributed by atoms with Crippen molar-refractivity contribution < 1.29 is 19.1 Å². The summed E-state index contributed by atoms with van der Waals surface area (Å²) in [6, 6.07) is 20.8. The fraction of sp³-hybridized carbons (Fsp3) is 0.154. The van der Waals surface area contributed by atoms with E-state index >= 15 is 0 Å². The Kier molecular flexibility index (Phi) is 5.01. The van der Waals surface area contributed by atoms with Gasteiger partial charge in [0.2, 0.25) is 18.0 Å². The molecule has 0 bridgehead atoms. The Hall–Kier alpha value is -4.26. The van der Waals surface area contributed by atoms with Gasteiger partial charge in [-0.15, -0.1) is 5.10 Å². The molecular formula is C26H21N3O4. The predicted molar refractivity (Wildman–Crippen MR) is 125 cm³/mol. The van der Waals surface area contributed by atoms with Gasteiger partial charge in [0.15, 0.2) is 0 Å². The summed E-state index contributed by atoms with van der Waals surface area (Å²) in [6.45, 7) is 4.68. The lowest BCUT2D eigenvalue weighted by atomic mass is 10.0. The van der Waals surface area contributed by atoms with Gasteiger partial charge in [-0.3, -0.25) is 14.6 Å². The van der Waals surface area contributed by atoms with Crippen molar-refractivity contribution in [3.8, 4) is 5.75 Å². The molecule has 0 aliphatic carbocycles. The third-order valence-electron chi connectivity index (χ3n) is 5.47. The van der Waals surface area contributed by atoms with E-state index in [4.69, 9.17) is 9.47 Å². The molecule has 2 heterocycles. The van der Waals surface area contributed by atoms with E-state index in [9.17, 15) is 9.59 Å². The number of para-hydroxylation sites is 1. The summed E-state index contributed by atoms with van der Waals surface area (Å²) in [6.07, 6.45) is -0.784. The number of hydrogen-bond donors (Lipinski definition) is 0. The van der Waals surface area contributed by atoms with Crippen molar-refractivity contribution in [2.45, 2.75) is 27.0 Å². The summed E-state index contributed by atoms with van der Waals surface area (Å²) < 4.78 is 11.8. The fourth-order valence-electron chi connectivity index (χ4n) is 4.13. The summed E-state index contributed by atoms with van der Waals surface area (Å²) >= 11 is 0. The molecule has 4 aromatic rings. The van der Waals surface area contributed by atoms with Crippen LogP contribution in [-0.2, 0) is 14.3 Å². The molecule has 33 heavy (non-hydrogen) atoms. The second-order valence-electron chi connectivity index (χ2n) is 7.86. The third kappa shape index (κ3) is 3.67. The van der Waals surface area contributed by atoms with E-state index in [-0.39, 0.29) is 11.8 Å². The maximum absolute atomic E-state index is 12.6. The molecule has 0 spiro atoms. The first-order chi connectivity index (χ1) is 15.9. The van der Waals surface area contributed by atoms with E-state index in [0.29, 0.717) is 11.3 Å². The molecule has 1 unspecified atom stereocenters. The highest BCUT2D eigenvalue weighted by Gasteiger charge is 2.36. The van der Waals surface area contributed by atoms with Crippen molar-refractivity contribution in [1.29, 1.82) is 0 Å². The Morgan fingerprint density at radius 1 is 0.970 bits per heavy atom. The predicted octanol–water partition coefficient (Wildman–Crippen LogP) is 4.86. The topological polar surface area (TPSA) is 81.1 Å². The molecule has 0 radical (unpaired) electrons. The van der Waals surface area contributed by atoms with Gasteiger partial charge in [-0.05, 0) is 35.9 Å². The van der Waals surface area contributed by atoms with Crippen molar-refractivity contribution in [1.82, 2.24) is 9.99 Å². The molecule has 3 aromatic carbocycles. The Morgan fingerprint density at radius 3 is 2.45 bits per heavy atom. The molecule has 5 rings (SSSR count). The second-order valence-corrected chi connectivity index (χ2v) is 7.86. The smallest absolute Gasteiger partial charge is 0.308 e. The summed E-state index contributed by atoms with van der Waals surface area (Å²) in [5.74, 6) is -0.203. The van der Waals surface area contributed by atoms with Crippen molar-refractivity contribution in [3.63, 3.8) is 0 Å². The zero-order chi connectivity index (χ0) is 23.1. The third-order valence-corrected chi connectivity index (χ3v) is 5.47. The molecule has 1 aromatic heterocycles. The number of hydrazone groups is 1. The lowest BCUT2D eigenvalue weighted by Crippen LogP contribution is -2.25. The van der Waals surface area contributed by atoms with Crippen LogP contribution < -0.4 is 4.74 Å². The zero-order valence-corrected chi connectivity index (χ0v) is 18.4. The van der Waals surface area contributed by atoms with E-state index < -0.39 is 12.2 Å². The van der Waals surface area contributed by atoms with Gasteiger partial charge >= 0.3 is 5.97 Å². The van der Waals surface area contributed by atoms with E-state index in [1.807, 2.05) is 67.6 Å². The zero-order valence-electron chi connectivity index (χ0n) is 18.4. The van der Waals surface area contributed by atoms with Gasteiger partial charge in [0.25, 0.3) is 0 Å². The average Bonchev–Trinajstić information content (AvgIpc) is 3.23. The lowest BCUT2D eigenvalue weighted by Gasteiger charge is -2.21. The fourth-order valence-corrected chi connectivity index (χ4v) is 4.13. The number of nitrogens with zero attached hydrogens (tertiary/aromatic N) is 3. The highest BCUT2D eigenvalue weighted by molar-refractivity contribution is 6.10. The number of fused-ring (bicyclic) bond motifs is 2. The van der Waals surface area contributed by atoms with Crippen LogP contribution in [0.2, 0.25) is 0 Å². The van der Waals surface area contributed by atoms with E-state index in [1.54, 1.807) is 6.07 Å². The van der Waals surface area contributed by atoms with Crippen LogP contribution in [0.1, 0.15) is 36.9 Å². The Bertz CT molecular complexity index is 1460. The number of rotatable bonds is 3. The summed E-state index contributed by atoms with van der Waals surface area (Å²) in [5, 5.41) is 8.45. The monoisotopic (exact) mass is 439 g/mol. The molecule has 1 aliphatic rings. The molecule has 0 saturated heterocycles. The van der Waals surface area contributed by atoms with E-state index in [1.165, 1.54) is 18.9 Å². The second kappa shape index (κ2) is 8.02. The van der Waals surface area contributed by atoms with Crippen LogP contribution in [0.3, 0.4) is 0 Å². The molecule has 7 nitrogen and oxygen atoms in total. The molecule has 0 fully saturated rings. The van der Waals surface area contributed by atoms with Gasteiger partial charge in [-0.2, -0.15) is 5.01 Å². The molecular weight excluding hydrogens is 418 g/mol. The average molecular weight is 439 g/mol. The molecule has 164 valence electrons. The van der Waals surface area contributed by atoms with Crippen LogP contribution in [0.25, 0.3) is 21.7 Å². The van der Waals surface area contributed by atoms with Crippen LogP contribution >= 0.6 is 0 Å². The number of ether oxygens (including phenoxy) is 2. The van der Waals surface area contributed by atoms with Crippen molar-refractivity contribution in [2.75, 3.05) is 0 Å². The summed E-state index contributed by atoms with van der Waals surface area (Å²) in [4.78, 5) is 29.0. The van der Waals surface area contributed by atoms with Crippen LogP contribution in [0, 0.1) is 6.92 Å². The van der Waals surface area contributed by atoms with Crippen molar-refractivity contribution in [2.24, 2.45) is 5.10 Å². The molecule has 0 saturated carbocycles. The minimum Gasteiger partial charge on any atom is -0.446 e. The van der Waals surface area contributed by atoms with Crippen LogP contribution in [0.5, 0.6) is 5.75 Å². The number of esters is 1. The summed E-state index contributed by atoms with van der Waals surface area (Å²) in [5.41, 5.74) is 2.90. The summed E-state index contributed by atoms with van der Waals surface area (Å²) in [7, 11) is 0. The maximum atomic E-state index is 12.6. The number of aromatic nitrogens is 1. The largest absolute Gasteiger partial charge is 0.446 e. The highest BCUT2D eigenvalue weighted by atomic mass is 16.5. The van der Waals surface area contributed by atoms with Gasteiger partial charge in [0.05, 0.1) is 11.1 Å². The number of amides is 1. The van der Waals surface area contributed by atoms with Gasteiger partial charge in [0, 0.05) is 30.5 Å². The first kappa shape index (κ1) is 20.6. The van der Waals surface area contributed by atoms with Crippen LogP contribution in [0.4, 0.5) is 0 Å². The SMILES string of the molecule is CC(=O)Oc1ccc2ccccc2c1C1=NN(C(C)=O)C(c2cc(C)nc3ccccc23)O1. The molecule has 1 amide bonds. The maximum Gasteiger partial charge on any atom is 0.308 e. The highest BCUT2D eigenvalue weighted by Crippen LogP contribution is 2.38. The number of carbonyl (C=O) groups excluding carboxylic acids is 2.